The molecular weight excluding hydrogens is 448 g/mol. The first-order chi connectivity index (χ1) is 14.3. The smallest absolute Gasteiger partial charge is 0.416 e. The van der Waals surface area contributed by atoms with Crippen molar-refractivity contribution in [3.63, 3.8) is 0 Å². The van der Waals surface area contributed by atoms with Gasteiger partial charge in [0.05, 0.1) is 22.6 Å². The lowest BCUT2D eigenvalue weighted by atomic mass is 10.1. The number of fused-ring (bicyclic) bond motifs is 1. The van der Waals surface area contributed by atoms with Gasteiger partial charge in [-0.15, -0.1) is 11.3 Å². The lowest BCUT2D eigenvalue weighted by Crippen LogP contribution is -2.12. The maximum absolute atomic E-state index is 13.1. The molecule has 1 aromatic carbocycles. The minimum absolute atomic E-state index is 0.0326. The number of rotatable bonds is 4. The largest absolute Gasteiger partial charge is 0.459 e. The molecule has 0 amide bonds. The molecule has 0 aliphatic rings. The van der Waals surface area contributed by atoms with E-state index in [1.165, 1.54) is 0 Å². The fourth-order valence-electron chi connectivity index (χ4n) is 2.79. The minimum Gasteiger partial charge on any atom is -0.459 e. The number of esters is 1. The molecule has 0 spiro atoms. The van der Waals surface area contributed by atoms with Gasteiger partial charge in [-0.25, -0.2) is 14.8 Å². The van der Waals surface area contributed by atoms with Gasteiger partial charge < -0.3 is 10.1 Å². The number of hydrogen-bond acceptors (Lipinski definition) is 6. The molecule has 0 radical (unpaired) electrons. The maximum Gasteiger partial charge on any atom is 0.416 e. The Morgan fingerprint density at radius 2 is 1.61 bits per heavy atom. The van der Waals surface area contributed by atoms with Crippen molar-refractivity contribution in [2.75, 3.05) is 5.32 Å². The average Bonchev–Trinajstić information content (AvgIpc) is 2.97. The van der Waals surface area contributed by atoms with Crippen LogP contribution in [0.1, 0.15) is 40.2 Å². The Kier molecular flexibility index (Phi) is 5.87. The minimum atomic E-state index is -4.98. The van der Waals surface area contributed by atoms with Crippen LogP contribution in [0.2, 0.25) is 0 Å². The second-order valence-electron chi connectivity index (χ2n) is 6.83. The van der Waals surface area contributed by atoms with Gasteiger partial charge in [-0.05, 0) is 44.5 Å². The summed E-state index contributed by atoms with van der Waals surface area (Å²) in [5.74, 6) is -0.644. The highest BCUT2D eigenvalue weighted by Crippen LogP contribution is 2.39. The molecule has 0 bridgehead atoms. The Morgan fingerprint density at radius 1 is 1.03 bits per heavy atom. The van der Waals surface area contributed by atoms with Gasteiger partial charge >= 0.3 is 18.3 Å². The van der Waals surface area contributed by atoms with E-state index in [4.69, 9.17) is 4.74 Å². The molecule has 3 rings (SSSR count). The Bertz CT molecular complexity index is 1110. The van der Waals surface area contributed by atoms with Crippen molar-refractivity contribution in [1.82, 2.24) is 9.97 Å². The number of ether oxygens (including phenoxy) is 1. The lowest BCUT2D eigenvalue weighted by Gasteiger charge is -2.15. The number of benzene rings is 1. The molecule has 2 aromatic heterocycles. The van der Waals surface area contributed by atoms with Crippen LogP contribution >= 0.6 is 11.3 Å². The Morgan fingerprint density at radius 3 is 2.13 bits per heavy atom. The van der Waals surface area contributed by atoms with Gasteiger partial charge in [0.25, 0.3) is 0 Å². The summed E-state index contributed by atoms with van der Waals surface area (Å²) in [6, 6.07) is 1.15. The van der Waals surface area contributed by atoms with Crippen LogP contribution in [0, 0.1) is 6.92 Å². The summed E-state index contributed by atoms with van der Waals surface area (Å²) < 4.78 is 83.9. The van der Waals surface area contributed by atoms with Crippen LogP contribution < -0.4 is 5.32 Å². The van der Waals surface area contributed by atoms with Crippen LogP contribution in [0.15, 0.2) is 24.5 Å². The summed E-state index contributed by atoms with van der Waals surface area (Å²) in [4.78, 5) is 20.8. The first kappa shape index (κ1) is 22.8. The number of aryl methyl sites for hydroxylation is 1. The van der Waals surface area contributed by atoms with Gasteiger partial charge in [-0.1, -0.05) is 0 Å². The van der Waals surface area contributed by atoms with Gasteiger partial charge in [-0.2, -0.15) is 26.3 Å². The summed E-state index contributed by atoms with van der Waals surface area (Å²) in [5, 5.41) is 2.81. The molecule has 0 saturated carbocycles. The molecule has 0 atom stereocenters. The van der Waals surface area contributed by atoms with Crippen LogP contribution in [0.4, 0.5) is 37.8 Å². The zero-order chi connectivity index (χ0) is 23.1. The molecule has 31 heavy (non-hydrogen) atoms. The van der Waals surface area contributed by atoms with E-state index >= 15 is 0 Å². The number of carbonyl (C=O) groups excluding carboxylic acids is 1. The summed E-state index contributed by atoms with van der Waals surface area (Å²) in [5.41, 5.74) is -2.98. The molecule has 166 valence electrons. The van der Waals surface area contributed by atoms with Gasteiger partial charge in [0.15, 0.2) is 0 Å². The third kappa shape index (κ3) is 4.89. The number of alkyl halides is 6. The summed E-state index contributed by atoms with van der Waals surface area (Å²) in [7, 11) is 0. The first-order valence-electron chi connectivity index (χ1n) is 8.79. The fraction of sp³-hybridized carbons (Fsp3) is 0.316. The van der Waals surface area contributed by atoms with Crippen molar-refractivity contribution in [2.45, 2.75) is 39.2 Å². The second kappa shape index (κ2) is 7.98. The predicted octanol–water partition coefficient (Wildman–Crippen LogP) is 6.35. The van der Waals surface area contributed by atoms with E-state index in [0.29, 0.717) is 27.9 Å². The highest BCUT2D eigenvalue weighted by atomic mass is 32.1. The fourth-order valence-corrected chi connectivity index (χ4v) is 3.82. The Labute approximate surface area is 176 Å². The Balaban J connectivity index is 2.10. The molecule has 0 aliphatic heterocycles. The summed E-state index contributed by atoms with van der Waals surface area (Å²) in [6.07, 6.45) is -9.25. The number of nitrogens with one attached hydrogen (secondary N) is 1. The van der Waals surface area contributed by atoms with Gasteiger partial charge in [-0.3, -0.25) is 0 Å². The zero-order valence-corrected chi connectivity index (χ0v) is 17.1. The normalized spacial score (nSPS) is 12.5. The molecule has 12 heteroatoms. The van der Waals surface area contributed by atoms with Gasteiger partial charge in [0.2, 0.25) is 0 Å². The average molecular weight is 463 g/mol. The number of halogens is 6. The number of anilines is 2. The highest BCUT2D eigenvalue weighted by Gasteiger charge is 2.37. The van der Waals surface area contributed by atoms with E-state index in [0.717, 1.165) is 17.7 Å². The van der Waals surface area contributed by atoms with Crippen molar-refractivity contribution in [3.05, 3.63) is 46.1 Å². The molecule has 1 N–H and O–H groups in total. The van der Waals surface area contributed by atoms with E-state index in [1.807, 2.05) is 0 Å². The second-order valence-corrected chi connectivity index (χ2v) is 7.83. The standard InChI is InChI=1S/C19H15F6N3O2S/c1-8(2)30-17(29)14-9(3)13-15(26-7-27-16(13)31-14)28-12-5-10(18(20,21)22)4-11(6-12)19(23,24)25/h4-8H,1-3H3,(H,26,27,28). The predicted molar refractivity (Wildman–Crippen MR) is 102 cm³/mol. The topological polar surface area (TPSA) is 64.1 Å². The molecule has 0 saturated heterocycles. The van der Waals surface area contributed by atoms with Gasteiger partial charge in [0, 0.05) is 5.69 Å². The van der Waals surface area contributed by atoms with Crippen LogP contribution in [-0.4, -0.2) is 22.0 Å². The van der Waals surface area contributed by atoms with Gasteiger partial charge in [0.1, 0.15) is 21.9 Å². The van der Waals surface area contributed by atoms with Crippen molar-refractivity contribution in [2.24, 2.45) is 0 Å². The SMILES string of the molecule is Cc1c(C(=O)OC(C)C)sc2ncnc(Nc3cc(C(F)(F)F)cc(C(F)(F)F)c3)c12. The van der Waals surface area contributed by atoms with E-state index in [-0.39, 0.29) is 22.9 Å². The Hall–Kier alpha value is -2.89. The number of hydrogen-bond donors (Lipinski definition) is 1. The maximum atomic E-state index is 13.1. The van der Waals surface area contributed by atoms with Crippen LogP contribution in [0.5, 0.6) is 0 Å². The lowest BCUT2D eigenvalue weighted by molar-refractivity contribution is -0.143. The summed E-state index contributed by atoms with van der Waals surface area (Å²) in [6.45, 7) is 4.90. The van der Waals surface area contributed by atoms with Crippen LogP contribution in [0.25, 0.3) is 10.2 Å². The van der Waals surface area contributed by atoms with E-state index in [1.54, 1.807) is 20.8 Å². The van der Waals surface area contributed by atoms with Crippen molar-refractivity contribution in [1.29, 1.82) is 0 Å². The van der Waals surface area contributed by atoms with Crippen molar-refractivity contribution in [3.8, 4) is 0 Å². The molecular formula is C19H15F6N3O2S. The molecule has 0 unspecified atom stereocenters. The number of thiophene rings is 1. The molecule has 2 heterocycles. The van der Waals surface area contributed by atoms with Crippen molar-refractivity contribution >= 4 is 39.0 Å². The molecule has 0 aliphatic carbocycles. The molecule has 0 fully saturated rings. The van der Waals surface area contributed by atoms with E-state index in [2.05, 4.69) is 15.3 Å². The first-order valence-corrected chi connectivity index (χ1v) is 9.60. The quantitative estimate of drug-likeness (QED) is 0.361. The van der Waals surface area contributed by atoms with E-state index < -0.39 is 35.1 Å². The zero-order valence-electron chi connectivity index (χ0n) is 16.3. The molecule has 5 nitrogen and oxygen atoms in total. The summed E-state index contributed by atoms with van der Waals surface area (Å²) >= 11 is 0.988. The monoisotopic (exact) mass is 463 g/mol. The number of aromatic nitrogens is 2. The third-order valence-corrected chi connectivity index (χ3v) is 5.29. The van der Waals surface area contributed by atoms with Crippen LogP contribution in [0.3, 0.4) is 0 Å². The highest BCUT2D eigenvalue weighted by molar-refractivity contribution is 7.20. The third-order valence-electron chi connectivity index (χ3n) is 4.11. The van der Waals surface area contributed by atoms with Crippen LogP contribution in [-0.2, 0) is 17.1 Å². The molecule has 3 aromatic rings. The van der Waals surface area contributed by atoms with E-state index in [9.17, 15) is 31.1 Å². The number of nitrogens with zero attached hydrogens (tertiary/aromatic N) is 2. The number of carbonyl (C=O) groups is 1. The van der Waals surface area contributed by atoms with Crippen molar-refractivity contribution < 1.29 is 35.9 Å².